The summed E-state index contributed by atoms with van der Waals surface area (Å²) in [5.41, 5.74) is 2.20. The molecule has 0 bridgehead atoms. The molecule has 0 saturated carbocycles. The molecule has 7 heteroatoms. The predicted octanol–water partition coefficient (Wildman–Crippen LogP) is 3.14. The number of hydrogen-bond donors (Lipinski definition) is 1. The van der Waals surface area contributed by atoms with E-state index in [1.165, 1.54) is 5.56 Å². The van der Waals surface area contributed by atoms with Crippen molar-refractivity contribution in [2.75, 3.05) is 39.4 Å². The van der Waals surface area contributed by atoms with Crippen LogP contribution in [0.1, 0.15) is 11.1 Å². The van der Waals surface area contributed by atoms with Gasteiger partial charge in [-0.05, 0) is 23.3 Å². The lowest BCUT2D eigenvalue weighted by Gasteiger charge is -2.34. The Hall–Kier alpha value is -2.44. The molecular formula is C21H24ClN3O3. The van der Waals surface area contributed by atoms with Crippen molar-refractivity contribution < 1.29 is 14.3 Å². The maximum atomic E-state index is 12.5. The maximum absolute atomic E-state index is 12.5. The van der Waals surface area contributed by atoms with Gasteiger partial charge < -0.3 is 19.7 Å². The minimum atomic E-state index is -0.0506. The number of piperazine rings is 1. The van der Waals surface area contributed by atoms with Crippen molar-refractivity contribution in [1.29, 1.82) is 0 Å². The number of fused-ring (bicyclic) bond motifs is 1. The first-order valence-electron chi connectivity index (χ1n) is 9.56. The van der Waals surface area contributed by atoms with Crippen LogP contribution in [-0.2, 0) is 13.1 Å². The molecule has 2 aliphatic rings. The second-order valence-electron chi connectivity index (χ2n) is 7.01. The van der Waals surface area contributed by atoms with Crippen LogP contribution in [0.2, 0.25) is 5.02 Å². The van der Waals surface area contributed by atoms with Gasteiger partial charge in [0.2, 0.25) is 0 Å². The number of hydrogen-bond acceptors (Lipinski definition) is 4. The van der Waals surface area contributed by atoms with Crippen LogP contribution in [0.3, 0.4) is 0 Å². The quantitative estimate of drug-likeness (QED) is 0.855. The maximum Gasteiger partial charge on any atom is 0.317 e. The molecule has 28 heavy (non-hydrogen) atoms. The second-order valence-corrected chi connectivity index (χ2v) is 7.42. The molecule has 0 unspecified atom stereocenters. The minimum absolute atomic E-state index is 0.0506. The van der Waals surface area contributed by atoms with Crippen LogP contribution in [-0.4, -0.2) is 55.2 Å². The highest BCUT2D eigenvalue weighted by atomic mass is 35.5. The number of nitrogens with zero attached hydrogens (tertiary/aromatic N) is 2. The minimum Gasteiger partial charge on any atom is -0.486 e. The predicted molar refractivity (Wildman–Crippen MR) is 108 cm³/mol. The highest BCUT2D eigenvalue weighted by Gasteiger charge is 2.21. The van der Waals surface area contributed by atoms with E-state index in [2.05, 4.69) is 34.5 Å². The monoisotopic (exact) mass is 401 g/mol. The van der Waals surface area contributed by atoms with Crippen LogP contribution < -0.4 is 14.8 Å². The van der Waals surface area contributed by atoms with Crippen LogP contribution >= 0.6 is 11.6 Å². The Morgan fingerprint density at radius 1 is 1.00 bits per heavy atom. The van der Waals surface area contributed by atoms with E-state index in [0.29, 0.717) is 36.3 Å². The third-order valence-electron chi connectivity index (χ3n) is 5.01. The van der Waals surface area contributed by atoms with Crippen LogP contribution in [0.4, 0.5) is 4.79 Å². The van der Waals surface area contributed by atoms with Gasteiger partial charge in [0.05, 0.1) is 5.02 Å². The third-order valence-corrected chi connectivity index (χ3v) is 5.29. The van der Waals surface area contributed by atoms with Gasteiger partial charge in [0.25, 0.3) is 0 Å². The van der Waals surface area contributed by atoms with Gasteiger partial charge in [0.15, 0.2) is 11.5 Å². The van der Waals surface area contributed by atoms with E-state index >= 15 is 0 Å². The fourth-order valence-electron chi connectivity index (χ4n) is 3.51. The highest BCUT2D eigenvalue weighted by molar-refractivity contribution is 6.32. The first kappa shape index (κ1) is 18.9. The lowest BCUT2D eigenvalue weighted by molar-refractivity contribution is 0.135. The van der Waals surface area contributed by atoms with Gasteiger partial charge in [-0.25, -0.2) is 4.79 Å². The molecule has 0 aliphatic carbocycles. The molecule has 4 rings (SSSR count). The fourth-order valence-corrected chi connectivity index (χ4v) is 3.79. The van der Waals surface area contributed by atoms with E-state index in [0.717, 1.165) is 38.3 Å². The molecule has 6 nitrogen and oxygen atoms in total. The molecule has 2 amide bonds. The number of benzene rings is 2. The third kappa shape index (κ3) is 4.51. The van der Waals surface area contributed by atoms with Gasteiger partial charge in [0, 0.05) is 39.3 Å². The average Bonchev–Trinajstić information content (AvgIpc) is 2.73. The Balaban J connectivity index is 1.26. The Morgan fingerprint density at radius 3 is 2.54 bits per heavy atom. The standard InChI is InChI=1S/C21H24ClN3O3/c22-18-12-17(13-19-20(18)28-11-10-27-19)14-23-21(26)25-8-6-24(7-9-25)15-16-4-2-1-3-5-16/h1-5,12-13H,6-11,14-15H2,(H,23,26). The molecule has 0 radical (unpaired) electrons. The summed E-state index contributed by atoms with van der Waals surface area (Å²) in [6, 6.07) is 14.1. The van der Waals surface area contributed by atoms with Gasteiger partial charge in [-0.1, -0.05) is 41.9 Å². The second kappa shape index (κ2) is 8.71. The van der Waals surface area contributed by atoms with Gasteiger partial charge in [-0.3, -0.25) is 4.90 Å². The van der Waals surface area contributed by atoms with Gasteiger partial charge in [-0.2, -0.15) is 0 Å². The molecule has 2 aromatic carbocycles. The number of carbonyl (C=O) groups is 1. The van der Waals surface area contributed by atoms with E-state index in [1.807, 2.05) is 23.1 Å². The number of rotatable bonds is 4. The summed E-state index contributed by atoms with van der Waals surface area (Å²) in [7, 11) is 0. The van der Waals surface area contributed by atoms with E-state index in [1.54, 1.807) is 0 Å². The van der Waals surface area contributed by atoms with E-state index < -0.39 is 0 Å². The van der Waals surface area contributed by atoms with E-state index in [-0.39, 0.29) is 6.03 Å². The summed E-state index contributed by atoms with van der Waals surface area (Å²) in [6.07, 6.45) is 0. The van der Waals surface area contributed by atoms with Crippen molar-refractivity contribution in [2.45, 2.75) is 13.1 Å². The Labute approximate surface area is 170 Å². The van der Waals surface area contributed by atoms with Crippen molar-refractivity contribution in [3.63, 3.8) is 0 Å². The Morgan fingerprint density at radius 2 is 1.75 bits per heavy atom. The molecule has 2 aromatic rings. The van der Waals surface area contributed by atoms with Crippen molar-refractivity contribution in [3.05, 3.63) is 58.6 Å². The summed E-state index contributed by atoms with van der Waals surface area (Å²) in [4.78, 5) is 16.8. The first-order chi connectivity index (χ1) is 13.7. The molecule has 1 saturated heterocycles. The number of nitrogens with one attached hydrogen (secondary N) is 1. The zero-order valence-corrected chi connectivity index (χ0v) is 16.5. The van der Waals surface area contributed by atoms with Crippen molar-refractivity contribution in [1.82, 2.24) is 15.1 Å². The SMILES string of the molecule is O=C(NCc1cc(Cl)c2c(c1)OCCO2)N1CCN(Cc2ccccc2)CC1. The molecule has 1 N–H and O–H groups in total. The zero-order valence-electron chi connectivity index (χ0n) is 15.7. The fraction of sp³-hybridized carbons (Fsp3) is 0.381. The van der Waals surface area contributed by atoms with Gasteiger partial charge >= 0.3 is 6.03 Å². The number of ether oxygens (including phenoxy) is 2. The zero-order chi connectivity index (χ0) is 19.3. The lowest BCUT2D eigenvalue weighted by atomic mass is 10.2. The molecule has 0 spiro atoms. The summed E-state index contributed by atoms with van der Waals surface area (Å²) in [5.74, 6) is 1.22. The Bertz CT molecular complexity index is 823. The van der Waals surface area contributed by atoms with E-state index in [9.17, 15) is 4.79 Å². The van der Waals surface area contributed by atoms with Gasteiger partial charge in [0.1, 0.15) is 13.2 Å². The number of urea groups is 1. The summed E-state index contributed by atoms with van der Waals surface area (Å²) < 4.78 is 11.1. The average molecular weight is 402 g/mol. The summed E-state index contributed by atoms with van der Waals surface area (Å²) >= 11 is 6.26. The van der Waals surface area contributed by atoms with Crippen LogP contribution in [0.25, 0.3) is 0 Å². The van der Waals surface area contributed by atoms with Crippen LogP contribution in [0.15, 0.2) is 42.5 Å². The molecule has 0 atom stereocenters. The lowest BCUT2D eigenvalue weighted by Crippen LogP contribution is -2.51. The van der Waals surface area contributed by atoms with Crippen molar-refractivity contribution in [3.8, 4) is 11.5 Å². The molecule has 0 aromatic heterocycles. The number of halogens is 1. The first-order valence-corrected chi connectivity index (χ1v) is 9.94. The van der Waals surface area contributed by atoms with Crippen LogP contribution in [0, 0.1) is 0 Å². The summed E-state index contributed by atoms with van der Waals surface area (Å²) in [6.45, 7) is 5.52. The largest absolute Gasteiger partial charge is 0.486 e. The van der Waals surface area contributed by atoms with Gasteiger partial charge in [-0.15, -0.1) is 0 Å². The van der Waals surface area contributed by atoms with E-state index in [4.69, 9.17) is 21.1 Å². The smallest absolute Gasteiger partial charge is 0.317 e. The molecule has 148 valence electrons. The molecule has 2 heterocycles. The van der Waals surface area contributed by atoms with Crippen LogP contribution in [0.5, 0.6) is 11.5 Å². The normalized spacial score (nSPS) is 16.7. The number of amides is 2. The highest BCUT2D eigenvalue weighted by Crippen LogP contribution is 2.38. The molecule has 2 aliphatic heterocycles. The van der Waals surface area contributed by atoms with Crippen molar-refractivity contribution >= 4 is 17.6 Å². The molecule has 1 fully saturated rings. The number of carbonyl (C=O) groups excluding carboxylic acids is 1. The van der Waals surface area contributed by atoms with Crippen molar-refractivity contribution in [2.24, 2.45) is 0 Å². The Kier molecular flexibility index (Phi) is 5.88. The topological polar surface area (TPSA) is 54.0 Å². The molecular weight excluding hydrogens is 378 g/mol. The summed E-state index contributed by atoms with van der Waals surface area (Å²) in [5, 5.41) is 3.49.